The number of hydrogen-bond donors (Lipinski definition) is 1. The van der Waals surface area contributed by atoms with Gasteiger partial charge >= 0.3 is 6.18 Å². The summed E-state index contributed by atoms with van der Waals surface area (Å²) in [5.74, 6) is 0. The van der Waals surface area contributed by atoms with E-state index in [2.05, 4.69) is 4.98 Å². The molecule has 6 heteroatoms. The zero-order chi connectivity index (χ0) is 10.8. The zero-order valence-corrected chi connectivity index (χ0v) is 7.75. The van der Waals surface area contributed by atoms with Crippen LogP contribution in [0.1, 0.15) is 12.6 Å². The van der Waals surface area contributed by atoms with Gasteiger partial charge in [0.05, 0.1) is 6.33 Å². The average molecular weight is 207 g/mol. The normalized spacial score (nSPS) is 14.4. The fraction of sp³-hybridized carbons (Fsp3) is 0.625. The Hall–Kier alpha value is -1.04. The van der Waals surface area contributed by atoms with Gasteiger partial charge in [0.2, 0.25) is 0 Å². The van der Waals surface area contributed by atoms with Gasteiger partial charge in [0.15, 0.2) is 0 Å². The van der Waals surface area contributed by atoms with E-state index in [-0.39, 0.29) is 6.42 Å². The molecule has 1 heterocycles. The van der Waals surface area contributed by atoms with E-state index in [1.807, 2.05) is 6.92 Å². The van der Waals surface area contributed by atoms with Gasteiger partial charge in [0.25, 0.3) is 0 Å². The second-order valence-corrected chi connectivity index (χ2v) is 3.02. The Labute approximate surface area is 79.7 Å². The van der Waals surface area contributed by atoms with Crippen LogP contribution in [0.2, 0.25) is 0 Å². The Morgan fingerprint density at radius 3 is 2.71 bits per heavy atom. The van der Waals surface area contributed by atoms with Crippen LogP contribution in [-0.2, 0) is 13.0 Å². The fourth-order valence-corrected chi connectivity index (χ4v) is 1.14. The van der Waals surface area contributed by atoms with Gasteiger partial charge in [0.1, 0.15) is 6.04 Å². The highest BCUT2D eigenvalue weighted by Crippen LogP contribution is 2.21. The Bertz CT molecular complexity index is 292. The minimum absolute atomic E-state index is 0.225. The number of imidazole rings is 1. The Balaban J connectivity index is 2.69. The SMILES string of the molecule is CCn1cncc1CC(N)C(F)(F)F. The first kappa shape index (κ1) is 11.0. The summed E-state index contributed by atoms with van der Waals surface area (Å²) in [6.07, 6.45) is -1.66. The number of rotatable bonds is 3. The molecule has 0 aromatic carbocycles. The summed E-state index contributed by atoms with van der Waals surface area (Å²) >= 11 is 0. The van der Waals surface area contributed by atoms with Gasteiger partial charge in [-0.05, 0) is 6.92 Å². The van der Waals surface area contributed by atoms with Crippen molar-refractivity contribution in [3.63, 3.8) is 0 Å². The van der Waals surface area contributed by atoms with E-state index < -0.39 is 12.2 Å². The number of nitrogens with zero attached hydrogens (tertiary/aromatic N) is 2. The van der Waals surface area contributed by atoms with Crippen LogP contribution in [0.25, 0.3) is 0 Å². The predicted octanol–water partition coefficient (Wildman–Crippen LogP) is 1.34. The van der Waals surface area contributed by atoms with Crippen molar-refractivity contribution >= 4 is 0 Å². The van der Waals surface area contributed by atoms with E-state index in [0.717, 1.165) is 0 Å². The maximum Gasteiger partial charge on any atom is 0.404 e. The van der Waals surface area contributed by atoms with Gasteiger partial charge in [-0.25, -0.2) is 4.98 Å². The number of alkyl halides is 3. The first-order valence-corrected chi connectivity index (χ1v) is 4.26. The van der Waals surface area contributed by atoms with Crippen LogP contribution in [0.5, 0.6) is 0 Å². The molecule has 0 aliphatic heterocycles. The molecule has 0 aliphatic rings. The summed E-state index contributed by atoms with van der Waals surface area (Å²) in [7, 11) is 0. The van der Waals surface area contributed by atoms with Crippen LogP contribution in [0.3, 0.4) is 0 Å². The summed E-state index contributed by atoms with van der Waals surface area (Å²) in [5, 5.41) is 0. The first-order chi connectivity index (χ1) is 6.45. The number of nitrogens with two attached hydrogens (primary N) is 1. The van der Waals surface area contributed by atoms with Gasteiger partial charge < -0.3 is 10.3 Å². The van der Waals surface area contributed by atoms with E-state index in [1.165, 1.54) is 12.5 Å². The highest BCUT2D eigenvalue weighted by molar-refractivity contribution is 5.01. The van der Waals surface area contributed by atoms with Crippen molar-refractivity contribution in [2.24, 2.45) is 5.73 Å². The molecule has 1 atom stereocenters. The van der Waals surface area contributed by atoms with E-state index >= 15 is 0 Å². The lowest BCUT2D eigenvalue weighted by Gasteiger charge is -2.15. The fourth-order valence-electron chi connectivity index (χ4n) is 1.14. The second kappa shape index (κ2) is 4.00. The second-order valence-electron chi connectivity index (χ2n) is 3.02. The van der Waals surface area contributed by atoms with Crippen molar-refractivity contribution in [3.8, 4) is 0 Å². The third kappa shape index (κ3) is 2.47. The molecular formula is C8H12F3N3. The highest BCUT2D eigenvalue weighted by Gasteiger charge is 2.36. The average Bonchev–Trinajstić information content (AvgIpc) is 2.50. The van der Waals surface area contributed by atoms with Crippen molar-refractivity contribution in [2.75, 3.05) is 0 Å². The third-order valence-corrected chi connectivity index (χ3v) is 1.99. The topological polar surface area (TPSA) is 43.8 Å². The van der Waals surface area contributed by atoms with Crippen LogP contribution >= 0.6 is 0 Å². The minimum Gasteiger partial charge on any atom is -0.335 e. The van der Waals surface area contributed by atoms with E-state index in [4.69, 9.17) is 5.73 Å². The van der Waals surface area contributed by atoms with Crippen LogP contribution in [0, 0.1) is 0 Å². The predicted molar refractivity (Wildman–Crippen MR) is 45.6 cm³/mol. The maximum atomic E-state index is 12.1. The van der Waals surface area contributed by atoms with E-state index in [1.54, 1.807) is 4.57 Å². The molecule has 3 nitrogen and oxygen atoms in total. The Morgan fingerprint density at radius 2 is 2.21 bits per heavy atom. The van der Waals surface area contributed by atoms with Crippen molar-refractivity contribution in [1.29, 1.82) is 0 Å². The minimum atomic E-state index is -4.34. The summed E-state index contributed by atoms with van der Waals surface area (Å²) in [6, 6.07) is -1.82. The lowest BCUT2D eigenvalue weighted by atomic mass is 10.1. The summed E-state index contributed by atoms with van der Waals surface area (Å²) in [6.45, 7) is 2.43. The number of aromatic nitrogens is 2. The van der Waals surface area contributed by atoms with Crippen molar-refractivity contribution in [1.82, 2.24) is 9.55 Å². The molecule has 0 bridgehead atoms. The molecule has 0 spiro atoms. The van der Waals surface area contributed by atoms with E-state index in [9.17, 15) is 13.2 Å². The Kier molecular flexibility index (Phi) is 3.15. The highest BCUT2D eigenvalue weighted by atomic mass is 19.4. The summed E-state index contributed by atoms with van der Waals surface area (Å²) < 4.78 is 38.0. The van der Waals surface area contributed by atoms with Gasteiger partial charge in [-0.15, -0.1) is 0 Å². The van der Waals surface area contributed by atoms with Crippen molar-refractivity contribution < 1.29 is 13.2 Å². The van der Waals surface area contributed by atoms with Gasteiger partial charge in [-0.2, -0.15) is 13.2 Å². The van der Waals surface area contributed by atoms with E-state index in [0.29, 0.717) is 12.2 Å². The van der Waals surface area contributed by atoms with Crippen LogP contribution < -0.4 is 5.73 Å². The molecule has 2 N–H and O–H groups in total. The van der Waals surface area contributed by atoms with Gasteiger partial charge in [0, 0.05) is 24.9 Å². The van der Waals surface area contributed by atoms with Crippen LogP contribution in [0.15, 0.2) is 12.5 Å². The lowest BCUT2D eigenvalue weighted by molar-refractivity contribution is -0.147. The standard InChI is InChI=1S/C8H12F3N3/c1-2-14-5-13-4-6(14)3-7(12)8(9,10)11/h4-5,7H,2-3,12H2,1H3. The molecule has 0 saturated heterocycles. The molecule has 14 heavy (non-hydrogen) atoms. The third-order valence-electron chi connectivity index (χ3n) is 1.99. The zero-order valence-electron chi connectivity index (χ0n) is 7.75. The monoisotopic (exact) mass is 207 g/mol. The molecule has 80 valence electrons. The Morgan fingerprint density at radius 1 is 1.57 bits per heavy atom. The smallest absolute Gasteiger partial charge is 0.335 e. The van der Waals surface area contributed by atoms with Gasteiger partial charge in [-0.3, -0.25) is 0 Å². The molecule has 1 rings (SSSR count). The quantitative estimate of drug-likeness (QED) is 0.812. The maximum absolute atomic E-state index is 12.1. The molecule has 0 radical (unpaired) electrons. The number of hydrogen-bond acceptors (Lipinski definition) is 2. The molecule has 0 fully saturated rings. The largest absolute Gasteiger partial charge is 0.404 e. The van der Waals surface area contributed by atoms with Crippen molar-refractivity contribution in [2.45, 2.75) is 32.1 Å². The molecule has 0 aliphatic carbocycles. The molecule has 1 aromatic heterocycles. The van der Waals surface area contributed by atoms with Crippen LogP contribution in [0.4, 0.5) is 13.2 Å². The molecular weight excluding hydrogens is 195 g/mol. The number of halogens is 3. The molecule has 1 unspecified atom stereocenters. The first-order valence-electron chi connectivity index (χ1n) is 4.26. The molecule has 0 amide bonds. The van der Waals surface area contributed by atoms with Crippen molar-refractivity contribution in [3.05, 3.63) is 18.2 Å². The number of aryl methyl sites for hydroxylation is 1. The summed E-state index contributed by atoms with van der Waals surface area (Å²) in [4.78, 5) is 3.77. The molecule has 0 saturated carbocycles. The van der Waals surface area contributed by atoms with Crippen LogP contribution in [-0.4, -0.2) is 21.8 Å². The lowest BCUT2D eigenvalue weighted by Crippen LogP contribution is -2.39. The summed E-state index contributed by atoms with van der Waals surface area (Å²) in [5.41, 5.74) is 5.51. The molecule has 1 aromatic rings. The van der Waals surface area contributed by atoms with Gasteiger partial charge in [-0.1, -0.05) is 0 Å².